The van der Waals surface area contributed by atoms with Crippen LogP contribution >= 0.6 is 11.3 Å². The van der Waals surface area contributed by atoms with Gasteiger partial charge in [0, 0.05) is 5.56 Å². The molecule has 21 heavy (non-hydrogen) atoms. The van der Waals surface area contributed by atoms with Crippen LogP contribution in [0.3, 0.4) is 0 Å². The van der Waals surface area contributed by atoms with Gasteiger partial charge in [-0.05, 0) is 31.4 Å². The van der Waals surface area contributed by atoms with Crippen LogP contribution in [0.1, 0.15) is 24.1 Å². The van der Waals surface area contributed by atoms with Crippen LogP contribution in [-0.2, 0) is 0 Å². The van der Waals surface area contributed by atoms with Gasteiger partial charge in [-0.1, -0.05) is 17.7 Å². The Labute approximate surface area is 127 Å². The molecule has 0 saturated carbocycles. The SMILES string of the molecule is COc1ccc(C)cc1C(C)Nc1ncnc2ccsc12. The lowest BCUT2D eigenvalue weighted by atomic mass is 10.0. The van der Waals surface area contributed by atoms with E-state index in [1.54, 1.807) is 24.8 Å². The predicted octanol–water partition coefficient (Wildman–Crippen LogP) is 4.18. The first-order valence-electron chi connectivity index (χ1n) is 6.78. The van der Waals surface area contributed by atoms with Gasteiger partial charge in [-0.25, -0.2) is 9.97 Å². The molecule has 3 rings (SSSR count). The van der Waals surface area contributed by atoms with Crippen molar-refractivity contribution >= 4 is 27.4 Å². The summed E-state index contributed by atoms with van der Waals surface area (Å²) in [6.07, 6.45) is 1.59. The number of aromatic nitrogens is 2. The lowest BCUT2D eigenvalue weighted by Gasteiger charge is -2.18. The zero-order valence-electron chi connectivity index (χ0n) is 12.3. The summed E-state index contributed by atoms with van der Waals surface area (Å²) in [5, 5.41) is 5.50. The lowest BCUT2D eigenvalue weighted by Crippen LogP contribution is -2.09. The molecule has 108 valence electrons. The van der Waals surface area contributed by atoms with Crippen molar-refractivity contribution in [3.8, 4) is 5.75 Å². The van der Waals surface area contributed by atoms with E-state index in [4.69, 9.17) is 4.74 Å². The number of methoxy groups -OCH3 is 1. The van der Waals surface area contributed by atoms with Crippen LogP contribution in [0, 0.1) is 6.92 Å². The van der Waals surface area contributed by atoms with E-state index in [9.17, 15) is 0 Å². The van der Waals surface area contributed by atoms with Crippen molar-refractivity contribution in [1.29, 1.82) is 0 Å². The first-order chi connectivity index (χ1) is 10.2. The highest BCUT2D eigenvalue weighted by Gasteiger charge is 2.14. The lowest BCUT2D eigenvalue weighted by molar-refractivity contribution is 0.408. The monoisotopic (exact) mass is 299 g/mol. The summed E-state index contributed by atoms with van der Waals surface area (Å²) < 4.78 is 6.54. The zero-order chi connectivity index (χ0) is 14.8. The Morgan fingerprint density at radius 3 is 2.90 bits per heavy atom. The molecular weight excluding hydrogens is 282 g/mol. The maximum Gasteiger partial charge on any atom is 0.147 e. The van der Waals surface area contributed by atoms with Gasteiger partial charge in [-0.2, -0.15) is 0 Å². The van der Waals surface area contributed by atoms with Crippen LogP contribution in [0.2, 0.25) is 0 Å². The molecule has 4 nitrogen and oxygen atoms in total. The molecule has 0 aliphatic heterocycles. The van der Waals surface area contributed by atoms with E-state index in [0.717, 1.165) is 27.3 Å². The Morgan fingerprint density at radius 2 is 2.10 bits per heavy atom. The second kappa shape index (κ2) is 5.69. The Balaban J connectivity index is 1.94. The van der Waals surface area contributed by atoms with E-state index < -0.39 is 0 Å². The molecule has 0 radical (unpaired) electrons. The van der Waals surface area contributed by atoms with Crippen molar-refractivity contribution in [2.24, 2.45) is 0 Å². The first kappa shape index (κ1) is 13.8. The van der Waals surface area contributed by atoms with Gasteiger partial charge < -0.3 is 10.1 Å². The molecule has 2 aromatic heterocycles. The number of hydrogen-bond acceptors (Lipinski definition) is 5. The molecule has 1 atom stereocenters. The molecule has 0 aliphatic carbocycles. The van der Waals surface area contributed by atoms with Crippen molar-refractivity contribution in [1.82, 2.24) is 9.97 Å². The van der Waals surface area contributed by atoms with Gasteiger partial charge in [0.1, 0.15) is 17.9 Å². The van der Waals surface area contributed by atoms with Gasteiger partial charge in [0.15, 0.2) is 0 Å². The van der Waals surface area contributed by atoms with Gasteiger partial charge in [-0.3, -0.25) is 0 Å². The summed E-state index contributed by atoms with van der Waals surface area (Å²) in [4.78, 5) is 8.63. The number of anilines is 1. The van der Waals surface area contributed by atoms with E-state index in [2.05, 4.69) is 41.3 Å². The highest BCUT2D eigenvalue weighted by atomic mass is 32.1. The molecule has 0 aliphatic rings. The molecule has 1 unspecified atom stereocenters. The number of nitrogens with zero attached hydrogens (tertiary/aromatic N) is 2. The summed E-state index contributed by atoms with van der Waals surface area (Å²) >= 11 is 1.65. The number of thiophene rings is 1. The molecule has 3 aromatic rings. The molecule has 0 fully saturated rings. The summed E-state index contributed by atoms with van der Waals surface area (Å²) in [6, 6.07) is 8.30. The topological polar surface area (TPSA) is 47.0 Å². The van der Waals surface area contributed by atoms with E-state index in [1.165, 1.54) is 5.56 Å². The second-order valence-corrected chi connectivity index (χ2v) is 5.88. The van der Waals surface area contributed by atoms with Crippen molar-refractivity contribution in [3.63, 3.8) is 0 Å². The minimum atomic E-state index is 0.0973. The molecule has 0 bridgehead atoms. The van der Waals surface area contributed by atoms with Crippen LogP contribution in [0.25, 0.3) is 10.2 Å². The minimum Gasteiger partial charge on any atom is -0.496 e. The van der Waals surface area contributed by atoms with Crippen LogP contribution < -0.4 is 10.1 Å². The van der Waals surface area contributed by atoms with Crippen molar-refractivity contribution in [3.05, 3.63) is 47.1 Å². The molecule has 5 heteroatoms. The number of benzene rings is 1. The van der Waals surface area contributed by atoms with Gasteiger partial charge in [0.25, 0.3) is 0 Å². The van der Waals surface area contributed by atoms with Gasteiger partial charge in [0.05, 0.1) is 23.4 Å². The smallest absolute Gasteiger partial charge is 0.147 e. The molecule has 1 aromatic carbocycles. The second-order valence-electron chi connectivity index (χ2n) is 4.97. The van der Waals surface area contributed by atoms with E-state index in [1.807, 2.05) is 17.5 Å². The third kappa shape index (κ3) is 2.69. The van der Waals surface area contributed by atoms with Crippen LogP contribution in [0.5, 0.6) is 5.75 Å². The Bertz CT molecular complexity index is 769. The number of hydrogen-bond donors (Lipinski definition) is 1. The normalized spacial score (nSPS) is 12.3. The maximum absolute atomic E-state index is 5.46. The van der Waals surface area contributed by atoms with Gasteiger partial charge in [-0.15, -0.1) is 11.3 Å². The minimum absolute atomic E-state index is 0.0973. The molecule has 2 heterocycles. The quantitative estimate of drug-likeness (QED) is 0.785. The predicted molar refractivity (Wildman–Crippen MR) is 87.2 cm³/mol. The average Bonchev–Trinajstić information content (AvgIpc) is 2.96. The summed E-state index contributed by atoms with van der Waals surface area (Å²) in [6.45, 7) is 4.19. The fourth-order valence-electron chi connectivity index (χ4n) is 2.37. The van der Waals surface area contributed by atoms with Crippen molar-refractivity contribution < 1.29 is 4.74 Å². The van der Waals surface area contributed by atoms with Crippen molar-refractivity contribution in [2.75, 3.05) is 12.4 Å². The molecule has 0 amide bonds. The first-order valence-corrected chi connectivity index (χ1v) is 7.66. The van der Waals surface area contributed by atoms with Crippen LogP contribution in [0.15, 0.2) is 36.0 Å². The fraction of sp³-hybridized carbons (Fsp3) is 0.250. The largest absolute Gasteiger partial charge is 0.496 e. The number of ether oxygens (including phenoxy) is 1. The molecular formula is C16H17N3OS. The van der Waals surface area contributed by atoms with E-state index in [-0.39, 0.29) is 6.04 Å². The molecule has 0 spiro atoms. The number of rotatable bonds is 4. The number of nitrogens with one attached hydrogen (secondary N) is 1. The average molecular weight is 299 g/mol. The number of fused-ring (bicyclic) bond motifs is 1. The highest BCUT2D eigenvalue weighted by molar-refractivity contribution is 7.17. The Kier molecular flexibility index (Phi) is 3.75. The Hall–Kier alpha value is -2.14. The third-order valence-corrected chi connectivity index (χ3v) is 4.36. The molecule has 0 saturated heterocycles. The number of aryl methyl sites for hydroxylation is 1. The standard InChI is InChI=1S/C16H17N3OS/c1-10-4-5-14(20-3)12(8-10)11(2)19-16-15-13(6-7-21-15)17-9-18-16/h4-9,11H,1-3H3,(H,17,18,19). The third-order valence-electron chi connectivity index (χ3n) is 3.45. The summed E-state index contributed by atoms with van der Waals surface area (Å²) in [5.41, 5.74) is 3.31. The molecule has 1 N–H and O–H groups in total. The van der Waals surface area contributed by atoms with E-state index in [0.29, 0.717) is 0 Å². The summed E-state index contributed by atoms with van der Waals surface area (Å²) in [5.74, 6) is 1.75. The Morgan fingerprint density at radius 1 is 1.24 bits per heavy atom. The highest BCUT2D eigenvalue weighted by Crippen LogP contribution is 2.31. The fourth-order valence-corrected chi connectivity index (χ4v) is 3.16. The van der Waals surface area contributed by atoms with Crippen molar-refractivity contribution in [2.45, 2.75) is 19.9 Å². The van der Waals surface area contributed by atoms with Crippen LogP contribution in [-0.4, -0.2) is 17.1 Å². The zero-order valence-corrected chi connectivity index (χ0v) is 13.1. The maximum atomic E-state index is 5.46. The summed E-state index contributed by atoms with van der Waals surface area (Å²) in [7, 11) is 1.70. The van der Waals surface area contributed by atoms with Gasteiger partial charge in [0.2, 0.25) is 0 Å². The van der Waals surface area contributed by atoms with Crippen LogP contribution in [0.4, 0.5) is 5.82 Å². The van der Waals surface area contributed by atoms with Gasteiger partial charge >= 0.3 is 0 Å². The van der Waals surface area contributed by atoms with E-state index >= 15 is 0 Å².